The predicted molar refractivity (Wildman–Crippen MR) is 165 cm³/mol. The van der Waals surface area contributed by atoms with E-state index in [1.165, 1.54) is 54.8 Å². The lowest BCUT2D eigenvalue weighted by molar-refractivity contribution is -0.144. The van der Waals surface area contributed by atoms with Crippen molar-refractivity contribution in [1.82, 2.24) is 4.90 Å². The first-order valence-electron chi connectivity index (χ1n) is 14.3. The molecule has 1 aromatic heterocycles. The smallest absolute Gasteiger partial charge is 0.459 e. The third-order valence-electron chi connectivity index (χ3n) is 7.05. The number of carbonyl (C=O) groups is 6. The topological polar surface area (TPSA) is 234 Å². The summed E-state index contributed by atoms with van der Waals surface area (Å²) in [6.45, 7) is 2.91. The Balaban J connectivity index is 1.53. The molecule has 1 saturated heterocycles. The number of esters is 1. The fourth-order valence-corrected chi connectivity index (χ4v) is 6.07. The number of hydrogen-bond donors (Lipinski definition) is 2. The summed E-state index contributed by atoms with van der Waals surface area (Å²) in [5.41, 5.74) is 9.45. The molecule has 2 aliphatic rings. The number of nitrogens with two attached hydrogens (primary N) is 2. The first-order valence-corrected chi connectivity index (χ1v) is 15.4. The Hall–Kier alpha value is -5.84. The molecule has 3 aromatic rings. The summed E-state index contributed by atoms with van der Waals surface area (Å²) in [5.74, 6) is -5.68. The Labute approximate surface area is 274 Å². The van der Waals surface area contributed by atoms with E-state index in [-0.39, 0.29) is 52.5 Å². The van der Waals surface area contributed by atoms with Gasteiger partial charge in [-0.2, -0.15) is 0 Å². The van der Waals surface area contributed by atoms with Gasteiger partial charge in [0.05, 0.1) is 30.4 Å². The minimum absolute atomic E-state index is 0.0561. The van der Waals surface area contributed by atoms with Crippen LogP contribution in [0.15, 0.2) is 57.4 Å². The van der Waals surface area contributed by atoms with E-state index >= 15 is 0 Å². The average Bonchev–Trinajstić information content (AvgIpc) is 3.01. The molecule has 2 aliphatic heterocycles. The highest BCUT2D eigenvalue weighted by Crippen LogP contribution is 2.38. The zero-order chi connectivity index (χ0) is 34.7. The molecule has 0 saturated carbocycles. The van der Waals surface area contributed by atoms with Crippen molar-refractivity contribution in [2.24, 2.45) is 11.5 Å². The summed E-state index contributed by atoms with van der Waals surface area (Å²) in [5, 5.41) is -0.462. The Bertz CT molecular complexity index is 1940. The standard InChI is InChI=1S/C31H27N3O13S/c1-3-42-30(40)46-19-11-16-18(12-20(19)47-31(41)43-4-2)45-26(24(25(16)36)28(33)38)23(27(32)37)14-5-7-15(8-6-14)44-29(39)17-9-10-48-22-13-21(35)34(17)22/h5-9,11-12,22-23H,3-4,10,13H2,1-2H3,(H2,32,37)(H2,33,38)/t22-,23?/m0/s1. The van der Waals surface area contributed by atoms with Gasteiger partial charge >= 0.3 is 18.3 Å². The maximum Gasteiger partial charge on any atom is 0.513 e. The van der Waals surface area contributed by atoms with Crippen LogP contribution in [0.4, 0.5) is 9.59 Å². The van der Waals surface area contributed by atoms with E-state index in [1.807, 2.05) is 0 Å². The van der Waals surface area contributed by atoms with Gasteiger partial charge in [0.1, 0.15) is 34.3 Å². The number of primary amides is 2. The van der Waals surface area contributed by atoms with E-state index in [9.17, 15) is 33.6 Å². The van der Waals surface area contributed by atoms with Gasteiger partial charge in [-0.25, -0.2) is 14.4 Å². The second-order valence-electron chi connectivity index (χ2n) is 10.0. The summed E-state index contributed by atoms with van der Waals surface area (Å²) in [7, 11) is 0. The van der Waals surface area contributed by atoms with Crippen LogP contribution in [0.25, 0.3) is 11.0 Å². The molecule has 48 heavy (non-hydrogen) atoms. The molecule has 0 radical (unpaired) electrons. The second-order valence-corrected chi connectivity index (χ2v) is 11.2. The molecule has 0 bridgehead atoms. The van der Waals surface area contributed by atoms with E-state index in [0.29, 0.717) is 12.2 Å². The quantitative estimate of drug-likeness (QED) is 0.136. The van der Waals surface area contributed by atoms with E-state index < -0.39 is 64.3 Å². The third-order valence-corrected chi connectivity index (χ3v) is 8.17. The highest BCUT2D eigenvalue weighted by atomic mass is 32.2. The van der Waals surface area contributed by atoms with Crippen molar-refractivity contribution in [1.29, 1.82) is 0 Å². The molecular formula is C31H27N3O13S. The zero-order valence-corrected chi connectivity index (χ0v) is 26.2. The van der Waals surface area contributed by atoms with Crippen molar-refractivity contribution >= 4 is 58.7 Å². The van der Waals surface area contributed by atoms with Gasteiger partial charge in [-0.3, -0.25) is 24.1 Å². The first kappa shape index (κ1) is 33.5. The number of amides is 3. The number of β-lactam (4-membered cyclic amide) rings is 1. The van der Waals surface area contributed by atoms with Crippen molar-refractivity contribution in [2.45, 2.75) is 31.6 Å². The molecule has 17 heteroatoms. The minimum Gasteiger partial charge on any atom is -0.459 e. The number of fused-ring (bicyclic) bond motifs is 2. The predicted octanol–water partition coefficient (Wildman–Crippen LogP) is 2.67. The molecule has 1 unspecified atom stereocenters. The van der Waals surface area contributed by atoms with Gasteiger partial charge in [0.15, 0.2) is 11.5 Å². The number of nitrogens with zero attached hydrogens (tertiary/aromatic N) is 1. The summed E-state index contributed by atoms with van der Waals surface area (Å²) >= 11 is 1.53. The van der Waals surface area contributed by atoms with Crippen molar-refractivity contribution in [3.63, 3.8) is 0 Å². The van der Waals surface area contributed by atoms with Crippen molar-refractivity contribution in [3.8, 4) is 17.2 Å². The van der Waals surface area contributed by atoms with E-state index in [4.69, 9.17) is 39.6 Å². The van der Waals surface area contributed by atoms with Crippen LogP contribution in [0, 0.1) is 0 Å². The van der Waals surface area contributed by atoms with Crippen LogP contribution in [0.1, 0.15) is 47.9 Å². The van der Waals surface area contributed by atoms with Gasteiger partial charge in [-0.15, -0.1) is 11.8 Å². The number of rotatable bonds is 10. The fourth-order valence-electron chi connectivity index (χ4n) is 4.95. The average molecular weight is 682 g/mol. The largest absolute Gasteiger partial charge is 0.513 e. The number of benzene rings is 2. The summed E-state index contributed by atoms with van der Waals surface area (Å²) in [6, 6.07) is 7.33. The molecule has 250 valence electrons. The number of thioether (sulfide) groups is 1. The van der Waals surface area contributed by atoms with Crippen LogP contribution < -0.4 is 31.1 Å². The SMILES string of the molecule is CCOC(=O)Oc1cc2oc(C(C(N)=O)c3ccc(OC(=O)C4=CCS[C@H]5CC(=O)N45)cc3)c(C(N)=O)c(=O)c2cc1OC(=O)OCC. The lowest BCUT2D eigenvalue weighted by atomic mass is 9.91. The highest BCUT2D eigenvalue weighted by Gasteiger charge is 2.43. The normalized spacial score (nSPS) is 15.7. The van der Waals surface area contributed by atoms with Gasteiger partial charge in [-0.1, -0.05) is 12.1 Å². The summed E-state index contributed by atoms with van der Waals surface area (Å²) < 4.78 is 31.1. The molecule has 4 N–H and O–H groups in total. The molecule has 16 nitrogen and oxygen atoms in total. The van der Waals surface area contributed by atoms with Gasteiger partial charge in [0.2, 0.25) is 17.2 Å². The summed E-state index contributed by atoms with van der Waals surface area (Å²) in [6.07, 6.45) is -0.455. The number of carbonyl (C=O) groups excluding carboxylic acids is 6. The molecule has 0 aliphatic carbocycles. The molecule has 2 atom stereocenters. The number of hydrogen-bond acceptors (Lipinski definition) is 14. The van der Waals surface area contributed by atoms with Gasteiger partial charge < -0.3 is 39.6 Å². The van der Waals surface area contributed by atoms with E-state index in [0.717, 1.165) is 12.1 Å². The third kappa shape index (κ3) is 6.66. The molecule has 1 fully saturated rings. The maximum atomic E-state index is 13.6. The number of ether oxygens (including phenoxy) is 5. The van der Waals surface area contributed by atoms with Gasteiger partial charge in [-0.05, 0) is 43.7 Å². The first-order chi connectivity index (χ1) is 22.9. The molecule has 3 heterocycles. The lowest BCUT2D eigenvalue weighted by Gasteiger charge is -2.42. The molecule has 0 spiro atoms. The van der Waals surface area contributed by atoms with Crippen LogP contribution in [0.5, 0.6) is 17.2 Å². The van der Waals surface area contributed by atoms with Crippen LogP contribution in [0.2, 0.25) is 0 Å². The van der Waals surface area contributed by atoms with Crippen LogP contribution in [0.3, 0.4) is 0 Å². The van der Waals surface area contributed by atoms with Crippen molar-refractivity contribution in [3.05, 3.63) is 75.3 Å². The van der Waals surface area contributed by atoms with Crippen molar-refractivity contribution in [2.75, 3.05) is 19.0 Å². The molecule has 5 rings (SSSR count). The Kier molecular flexibility index (Phi) is 9.69. The van der Waals surface area contributed by atoms with Crippen LogP contribution in [-0.4, -0.2) is 65.2 Å². The van der Waals surface area contributed by atoms with Gasteiger partial charge in [0, 0.05) is 11.8 Å². The molecule has 3 amide bonds. The second kappa shape index (κ2) is 13.9. The highest BCUT2D eigenvalue weighted by molar-refractivity contribution is 8.00. The fraction of sp³-hybridized carbons (Fsp3) is 0.258. The lowest BCUT2D eigenvalue weighted by Crippen LogP contribution is -2.53. The Morgan fingerprint density at radius 3 is 2.12 bits per heavy atom. The molecule has 2 aromatic carbocycles. The minimum atomic E-state index is -1.57. The van der Waals surface area contributed by atoms with E-state index in [2.05, 4.69) is 0 Å². The van der Waals surface area contributed by atoms with E-state index in [1.54, 1.807) is 6.08 Å². The summed E-state index contributed by atoms with van der Waals surface area (Å²) in [4.78, 5) is 89.5. The Morgan fingerprint density at radius 2 is 1.56 bits per heavy atom. The van der Waals surface area contributed by atoms with Crippen LogP contribution in [-0.2, 0) is 23.9 Å². The van der Waals surface area contributed by atoms with Crippen molar-refractivity contribution < 1.29 is 56.9 Å². The Morgan fingerprint density at radius 1 is 0.938 bits per heavy atom. The van der Waals surface area contributed by atoms with Gasteiger partial charge in [0.25, 0.3) is 5.91 Å². The molecular weight excluding hydrogens is 654 g/mol. The monoisotopic (exact) mass is 681 g/mol. The maximum absolute atomic E-state index is 13.6. The zero-order valence-electron chi connectivity index (χ0n) is 25.3. The van der Waals surface area contributed by atoms with Crippen LogP contribution >= 0.6 is 11.8 Å².